The molecular formula is C10H17NO4S. The van der Waals surface area contributed by atoms with Gasteiger partial charge in [0.05, 0.1) is 10.7 Å². The Morgan fingerprint density at radius 3 is 2.56 bits per heavy atom. The zero-order chi connectivity index (χ0) is 12.0. The summed E-state index contributed by atoms with van der Waals surface area (Å²) in [7, 11) is -3.22. The molecule has 1 N–H and O–H groups in total. The van der Waals surface area contributed by atoms with Gasteiger partial charge in [0, 0.05) is 13.1 Å². The molecular weight excluding hydrogens is 230 g/mol. The highest BCUT2D eigenvalue weighted by atomic mass is 32.2. The molecule has 1 aliphatic heterocycles. The third-order valence-electron chi connectivity index (χ3n) is 3.48. The molecule has 2 aliphatic rings. The van der Waals surface area contributed by atoms with Crippen molar-refractivity contribution in [1.29, 1.82) is 0 Å². The van der Waals surface area contributed by atoms with Gasteiger partial charge in [-0.25, -0.2) is 12.7 Å². The highest BCUT2D eigenvalue weighted by molar-refractivity contribution is 7.90. The molecule has 0 bridgehead atoms. The maximum Gasteiger partial charge on any atom is 0.310 e. The summed E-state index contributed by atoms with van der Waals surface area (Å²) >= 11 is 0. The van der Waals surface area contributed by atoms with Crippen LogP contribution in [0.25, 0.3) is 0 Å². The van der Waals surface area contributed by atoms with E-state index in [1.165, 1.54) is 4.31 Å². The first-order chi connectivity index (χ1) is 7.36. The first kappa shape index (κ1) is 11.9. The lowest BCUT2D eigenvalue weighted by atomic mass is 9.83. The van der Waals surface area contributed by atoms with Gasteiger partial charge < -0.3 is 5.11 Å². The number of nitrogens with zero attached hydrogens (tertiary/aromatic N) is 1. The summed E-state index contributed by atoms with van der Waals surface area (Å²) in [6, 6.07) is 0. The minimum absolute atomic E-state index is 0.126. The predicted octanol–water partition coefficient (Wildman–Crippen LogP) is 0.665. The number of hydrogen-bond acceptors (Lipinski definition) is 3. The van der Waals surface area contributed by atoms with Gasteiger partial charge in [0.2, 0.25) is 10.0 Å². The maximum atomic E-state index is 12.0. The molecule has 1 atom stereocenters. The fourth-order valence-corrected chi connectivity index (χ4v) is 4.16. The van der Waals surface area contributed by atoms with Crippen LogP contribution < -0.4 is 0 Å². The van der Waals surface area contributed by atoms with Crippen LogP contribution in [0, 0.1) is 5.41 Å². The van der Waals surface area contributed by atoms with Crippen LogP contribution in [0.4, 0.5) is 0 Å². The van der Waals surface area contributed by atoms with Gasteiger partial charge in [-0.1, -0.05) is 0 Å². The number of carboxylic acids is 1. The van der Waals surface area contributed by atoms with Crippen LogP contribution in [0.5, 0.6) is 0 Å². The zero-order valence-corrected chi connectivity index (χ0v) is 10.2. The molecule has 0 aromatic rings. The molecule has 0 spiro atoms. The highest BCUT2D eigenvalue weighted by Gasteiger charge is 2.46. The number of carboxylic acid groups (broad SMARTS) is 1. The van der Waals surface area contributed by atoms with E-state index in [0.29, 0.717) is 19.4 Å². The van der Waals surface area contributed by atoms with Gasteiger partial charge in [-0.05, 0) is 32.6 Å². The van der Waals surface area contributed by atoms with E-state index in [1.807, 2.05) is 0 Å². The molecule has 0 amide bonds. The molecule has 1 saturated carbocycles. The van der Waals surface area contributed by atoms with Crippen molar-refractivity contribution < 1.29 is 18.3 Å². The average Bonchev–Trinajstić information content (AvgIpc) is 3.00. The van der Waals surface area contributed by atoms with Crippen LogP contribution in [-0.2, 0) is 14.8 Å². The second kappa shape index (κ2) is 3.70. The Kier molecular flexibility index (Phi) is 2.74. The SMILES string of the molecule is CC1(C(=O)O)CCCN(S(=O)(=O)C2CC2)C1. The smallest absolute Gasteiger partial charge is 0.310 e. The summed E-state index contributed by atoms with van der Waals surface area (Å²) < 4.78 is 25.4. The molecule has 5 nitrogen and oxygen atoms in total. The maximum absolute atomic E-state index is 12.0. The van der Waals surface area contributed by atoms with Gasteiger partial charge >= 0.3 is 5.97 Å². The van der Waals surface area contributed by atoms with Gasteiger partial charge in [-0.2, -0.15) is 0 Å². The molecule has 1 unspecified atom stereocenters. The molecule has 92 valence electrons. The summed E-state index contributed by atoms with van der Waals surface area (Å²) in [5.74, 6) is -0.900. The quantitative estimate of drug-likeness (QED) is 0.795. The van der Waals surface area contributed by atoms with E-state index < -0.39 is 21.4 Å². The first-order valence-electron chi connectivity index (χ1n) is 5.59. The van der Waals surface area contributed by atoms with Crippen LogP contribution >= 0.6 is 0 Å². The Morgan fingerprint density at radius 1 is 1.44 bits per heavy atom. The molecule has 1 saturated heterocycles. The molecule has 0 radical (unpaired) electrons. The van der Waals surface area contributed by atoms with Crippen molar-refractivity contribution in [2.45, 2.75) is 37.9 Å². The lowest BCUT2D eigenvalue weighted by Gasteiger charge is -2.36. The lowest BCUT2D eigenvalue weighted by Crippen LogP contribution is -2.49. The number of rotatable bonds is 3. The van der Waals surface area contributed by atoms with E-state index in [-0.39, 0.29) is 11.8 Å². The Labute approximate surface area is 95.5 Å². The number of sulfonamides is 1. The molecule has 1 aliphatic carbocycles. The molecule has 0 aromatic carbocycles. The fourth-order valence-electron chi connectivity index (χ4n) is 2.16. The Morgan fingerprint density at radius 2 is 2.06 bits per heavy atom. The number of hydrogen-bond donors (Lipinski definition) is 1. The molecule has 0 aromatic heterocycles. The molecule has 2 rings (SSSR count). The summed E-state index contributed by atoms with van der Waals surface area (Å²) in [5, 5.41) is 8.87. The van der Waals surface area contributed by atoms with E-state index in [1.54, 1.807) is 6.92 Å². The van der Waals surface area contributed by atoms with E-state index in [2.05, 4.69) is 0 Å². The lowest BCUT2D eigenvalue weighted by molar-refractivity contribution is -0.150. The monoisotopic (exact) mass is 247 g/mol. The molecule has 1 heterocycles. The molecule has 16 heavy (non-hydrogen) atoms. The third kappa shape index (κ3) is 1.96. The van der Waals surface area contributed by atoms with Crippen molar-refractivity contribution in [3.8, 4) is 0 Å². The van der Waals surface area contributed by atoms with Crippen molar-refractivity contribution in [3.63, 3.8) is 0 Å². The predicted molar refractivity (Wildman–Crippen MR) is 58.5 cm³/mol. The van der Waals surface area contributed by atoms with Gasteiger partial charge in [-0.15, -0.1) is 0 Å². The van der Waals surface area contributed by atoms with E-state index in [4.69, 9.17) is 5.11 Å². The number of carbonyl (C=O) groups is 1. The molecule has 2 fully saturated rings. The van der Waals surface area contributed by atoms with Gasteiger partial charge in [0.1, 0.15) is 0 Å². The van der Waals surface area contributed by atoms with Gasteiger partial charge in [-0.3, -0.25) is 4.79 Å². The third-order valence-corrected chi connectivity index (χ3v) is 5.83. The van der Waals surface area contributed by atoms with E-state index >= 15 is 0 Å². The molecule has 6 heteroatoms. The summed E-state index contributed by atoms with van der Waals surface area (Å²) in [6.07, 6.45) is 2.64. The minimum atomic E-state index is -3.22. The van der Waals surface area contributed by atoms with Crippen LogP contribution in [0.15, 0.2) is 0 Å². The second-order valence-corrected chi connectivity index (χ2v) is 7.26. The van der Waals surface area contributed by atoms with Crippen LogP contribution in [0.1, 0.15) is 32.6 Å². The van der Waals surface area contributed by atoms with E-state index in [0.717, 1.165) is 12.8 Å². The topological polar surface area (TPSA) is 74.7 Å². The van der Waals surface area contributed by atoms with Crippen LogP contribution in [0.2, 0.25) is 0 Å². The number of piperidine rings is 1. The zero-order valence-electron chi connectivity index (χ0n) is 9.35. The van der Waals surface area contributed by atoms with Crippen molar-refractivity contribution in [2.75, 3.05) is 13.1 Å². The Hall–Kier alpha value is -0.620. The van der Waals surface area contributed by atoms with Gasteiger partial charge in [0.15, 0.2) is 0 Å². The first-order valence-corrected chi connectivity index (χ1v) is 7.09. The van der Waals surface area contributed by atoms with Crippen molar-refractivity contribution in [3.05, 3.63) is 0 Å². The Bertz CT molecular complexity index is 401. The van der Waals surface area contributed by atoms with Gasteiger partial charge in [0.25, 0.3) is 0 Å². The average molecular weight is 247 g/mol. The summed E-state index contributed by atoms with van der Waals surface area (Å²) in [5.41, 5.74) is -0.916. The highest BCUT2D eigenvalue weighted by Crippen LogP contribution is 2.36. The summed E-state index contributed by atoms with van der Waals surface area (Å²) in [6.45, 7) is 2.23. The normalized spacial score (nSPS) is 32.6. The Balaban J connectivity index is 2.16. The largest absolute Gasteiger partial charge is 0.481 e. The minimum Gasteiger partial charge on any atom is -0.481 e. The van der Waals surface area contributed by atoms with Crippen molar-refractivity contribution in [2.24, 2.45) is 5.41 Å². The fraction of sp³-hybridized carbons (Fsp3) is 0.900. The second-order valence-electron chi connectivity index (χ2n) is 5.05. The van der Waals surface area contributed by atoms with Crippen LogP contribution in [-0.4, -0.2) is 42.1 Å². The number of aliphatic carboxylic acids is 1. The summed E-state index contributed by atoms with van der Waals surface area (Å²) in [4.78, 5) is 11.1. The van der Waals surface area contributed by atoms with E-state index in [9.17, 15) is 13.2 Å². The van der Waals surface area contributed by atoms with Crippen LogP contribution in [0.3, 0.4) is 0 Å². The van der Waals surface area contributed by atoms with Crippen molar-refractivity contribution >= 4 is 16.0 Å². The van der Waals surface area contributed by atoms with Crippen molar-refractivity contribution in [1.82, 2.24) is 4.31 Å². The standard InChI is InChI=1S/C10H17NO4S/c1-10(9(12)13)5-2-6-11(7-10)16(14,15)8-3-4-8/h8H,2-7H2,1H3,(H,12,13).